The first-order valence-electron chi connectivity index (χ1n) is 6.29. The molecule has 0 aliphatic carbocycles. The van der Waals surface area contributed by atoms with Crippen LogP contribution in [0.5, 0.6) is 5.75 Å². The largest absolute Gasteiger partial charge is 0.487 e. The molecule has 1 heterocycles. The van der Waals surface area contributed by atoms with Crippen LogP contribution in [0, 0.1) is 0 Å². The van der Waals surface area contributed by atoms with Crippen molar-refractivity contribution in [3.63, 3.8) is 0 Å². The first-order valence-corrected chi connectivity index (χ1v) is 7.46. The van der Waals surface area contributed by atoms with E-state index in [2.05, 4.69) is 28.0 Å². The summed E-state index contributed by atoms with van der Waals surface area (Å²) in [4.78, 5) is 0. The summed E-state index contributed by atoms with van der Waals surface area (Å²) in [6.07, 6.45) is 0.855. The quantitative estimate of drug-likeness (QED) is 0.889. The fraction of sp³-hybridized carbons (Fsp3) is 0.357. The molecule has 108 valence electrons. The van der Waals surface area contributed by atoms with Crippen molar-refractivity contribution in [3.8, 4) is 5.75 Å². The Bertz CT molecular complexity index is 613. The molecule has 0 saturated heterocycles. The molecule has 6 heteroatoms. The molecule has 0 unspecified atom stereocenters. The van der Waals surface area contributed by atoms with Gasteiger partial charge in [-0.3, -0.25) is 4.68 Å². The third-order valence-corrected chi connectivity index (χ3v) is 4.37. The summed E-state index contributed by atoms with van der Waals surface area (Å²) < 4.78 is 8.54. The third-order valence-electron chi connectivity index (χ3n) is 3.10. The van der Waals surface area contributed by atoms with Crippen molar-refractivity contribution in [3.05, 3.63) is 44.6 Å². The van der Waals surface area contributed by atoms with Crippen LogP contribution in [0.2, 0.25) is 5.02 Å². The number of nitrogens with zero attached hydrogens (tertiary/aromatic N) is 2. The number of aliphatic hydroxyl groups is 1. The Balaban J connectivity index is 2.21. The van der Waals surface area contributed by atoms with Gasteiger partial charge in [0.15, 0.2) is 0 Å². The molecule has 0 amide bonds. The van der Waals surface area contributed by atoms with E-state index >= 15 is 0 Å². The van der Waals surface area contributed by atoms with Gasteiger partial charge in [0.05, 0.1) is 22.5 Å². The van der Waals surface area contributed by atoms with Gasteiger partial charge in [0.2, 0.25) is 0 Å². The van der Waals surface area contributed by atoms with Crippen LogP contribution in [0.1, 0.15) is 23.9 Å². The van der Waals surface area contributed by atoms with E-state index < -0.39 is 0 Å². The van der Waals surface area contributed by atoms with Crippen LogP contribution in [0.3, 0.4) is 0 Å². The molecule has 0 fully saturated rings. The highest BCUT2D eigenvalue weighted by molar-refractivity contribution is 9.10. The van der Waals surface area contributed by atoms with E-state index in [-0.39, 0.29) is 6.61 Å². The Hall–Kier alpha value is -1.04. The minimum atomic E-state index is -0.151. The monoisotopic (exact) mass is 358 g/mol. The van der Waals surface area contributed by atoms with Crippen LogP contribution >= 0.6 is 27.5 Å². The van der Waals surface area contributed by atoms with Crippen molar-refractivity contribution in [2.75, 3.05) is 0 Å². The number of aryl methyl sites for hydroxylation is 2. The molecular weight excluding hydrogens is 344 g/mol. The van der Waals surface area contributed by atoms with Gasteiger partial charge in [-0.2, -0.15) is 5.10 Å². The number of hydrogen-bond donors (Lipinski definition) is 1. The van der Waals surface area contributed by atoms with Crippen molar-refractivity contribution in [1.82, 2.24) is 9.78 Å². The van der Waals surface area contributed by atoms with Gasteiger partial charge < -0.3 is 9.84 Å². The zero-order valence-corrected chi connectivity index (χ0v) is 13.7. The fourth-order valence-corrected chi connectivity index (χ4v) is 2.91. The van der Waals surface area contributed by atoms with E-state index in [4.69, 9.17) is 16.3 Å². The Kier molecular flexibility index (Phi) is 5.07. The molecule has 2 aromatic rings. The second-order valence-corrected chi connectivity index (χ2v) is 5.55. The highest BCUT2D eigenvalue weighted by Crippen LogP contribution is 2.28. The second-order valence-electron chi connectivity index (χ2n) is 4.35. The molecule has 1 aromatic carbocycles. The van der Waals surface area contributed by atoms with E-state index in [0.717, 1.165) is 22.3 Å². The Labute approximate surface area is 131 Å². The lowest BCUT2D eigenvalue weighted by atomic mass is 10.2. The molecule has 1 N–H and O–H groups in total. The number of hydrogen-bond acceptors (Lipinski definition) is 3. The predicted molar refractivity (Wildman–Crippen MR) is 82.0 cm³/mol. The van der Waals surface area contributed by atoms with Crippen molar-refractivity contribution in [1.29, 1.82) is 0 Å². The zero-order valence-electron chi connectivity index (χ0n) is 11.4. The topological polar surface area (TPSA) is 47.3 Å². The van der Waals surface area contributed by atoms with E-state index in [1.165, 1.54) is 0 Å². The van der Waals surface area contributed by atoms with E-state index in [0.29, 0.717) is 22.9 Å². The highest BCUT2D eigenvalue weighted by atomic mass is 79.9. The lowest BCUT2D eigenvalue weighted by Gasteiger charge is -2.11. The van der Waals surface area contributed by atoms with E-state index in [9.17, 15) is 5.11 Å². The van der Waals surface area contributed by atoms with Crippen LogP contribution in [0.15, 0.2) is 22.7 Å². The normalized spacial score (nSPS) is 10.8. The van der Waals surface area contributed by atoms with Gasteiger partial charge >= 0.3 is 0 Å². The van der Waals surface area contributed by atoms with Crippen LogP contribution < -0.4 is 4.74 Å². The van der Waals surface area contributed by atoms with Crippen LogP contribution in [-0.4, -0.2) is 14.9 Å². The summed E-state index contributed by atoms with van der Waals surface area (Å²) in [5.41, 5.74) is 2.55. The average molecular weight is 360 g/mol. The van der Waals surface area contributed by atoms with Crippen LogP contribution in [0.25, 0.3) is 0 Å². The average Bonchev–Trinajstić information content (AvgIpc) is 2.71. The number of aromatic nitrogens is 2. The molecule has 0 spiro atoms. The molecule has 0 radical (unpaired) electrons. The smallest absolute Gasteiger partial charge is 0.131 e. The SMILES string of the molecule is CCc1nn(C)c(COc2cccc(Cl)c2CO)c1Br. The number of benzene rings is 1. The van der Waals surface area contributed by atoms with Gasteiger partial charge in [-0.15, -0.1) is 0 Å². The Morgan fingerprint density at radius 1 is 1.45 bits per heavy atom. The fourth-order valence-electron chi connectivity index (χ4n) is 1.95. The molecule has 0 aliphatic rings. The minimum absolute atomic E-state index is 0.151. The summed E-state index contributed by atoms with van der Waals surface area (Å²) in [7, 11) is 1.88. The highest BCUT2D eigenvalue weighted by Gasteiger charge is 2.14. The first-order chi connectivity index (χ1) is 9.58. The summed E-state index contributed by atoms with van der Waals surface area (Å²) in [6.45, 7) is 2.26. The standard InChI is InChI=1S/C14H16BrClN2O2/c1-3-11-14(15)12(18(2)17-11)8-20-13-6-4-5-10(16)9(13)7-19/h4-6,19H,3,7-8H2,1-2H3. The molecule has 2 rings (SSSR count). The van der Waals surface area contributed by atoms with Crippen molar-refractivity contribution in [2.45, 2.75) is 26.6 Å². The zero-order chi connectivity index (χ0) is 14.7. The lowest BCUT2D eigenvalue weighted by Crippen LogP contribution is -2.05. The molecule has 20 heavy (non-hydrogen) atoms. The lowest BCUT2D eigenvalue weighted by molar-refractivity contribution is 0.255. The number of halogens is 2. The van der Waals surface area contributed by atoms with Gasteiger partial charge in [-0.05, 0) is 34.5 Å². The predicted octanol–water partition coefficient (Wildman–Crippen LogP) is 3.47. The molecule has 4 nitrogen and oxygen atoms in total. The van der Waals surface area contributed by atoms with E-state index in [1.807, 2.05) is 7.05 Å². The third kappa shape index (κ3) is 3.00. The summed E-state index contributed by atoms with van der Waals surface area (Å²) in [6, 6.07) is 5.32. The maximum Gasteiger partial charge on any atom is 0.131 e. The van der Waals surface area contributed by atoms with Crippen molar-refractivity contribution in [2.24, 2.45) is 7.05 Å². The Morgan fingerprint density at radius 3 is 2.80 bits per heavy atom. The molecule has 0 aliphatic heterocycles. The summed E-state index contributed by atoms with van der Waals surface area (Å²) >= 11 is 9.58. The minimum Gasteiger partial charge on any atom is -0.487 e. The van der Waals surface area contributed by atoms with Crippen LogP contribution in [0.4, 0.5) is 0 Å². The molecule has 0 atom stereocenters. The van der Waals surface area contributed by atoms with Gasteiger partial charge in [-0.1, -0.05) is 24.6 Å². The van der Waals surface area contributed by atoms with Crippen LogP contribution in [-0.2, 0) is 26.7 Å². The molecule has 0 saturated carbocycles. The molecule has 1 aromatic heterocycles. The number of aliphatic hydroxyl groups excluding tert-OH is 1. The molecular formula is C14H16BrClN2O2. The van der Waals surface area contributed by atoms with Gasteiger partial charge in [0, 0.05) is 17.6 Å². The van der Waals surface area contributed by atoms with E-state index in [1.54, 1.807) is 22.9 Å². The van der Waals surface area contributed by atoms with Gasteiger partial charge in [0.25, 0.3) is 0 Å². The summed E-state index contributed by atoms with van der Waals surface area (Å²) in [5.74, 6) is 0.589. The number of rotatable bonds is 5. The van der Waals surface area contributed by atoms with Crippen molar-refractivity contribution >= 4 is 27.5 Å². The second kappa shape index (κ2) is 6.61. The maximum absolute atomic E-state index is 9.36. The van der Waals surface area contributed by atoms with Gasteiger partial charge in [-0.25, -0.2) is 0 Å². The van der Waals surface area contributed by atoms with Crippen molar-refractivity contribution < 1.29 is 9.84 Å². The molecule has 0 bridgehead atoms. The van der Waals surface area contributed by atoms with Gasteiger partial charge in [0.1, 0.15) is 12.4 Å². The Morgan fingerprint density at radius 2 is 2.20 bits per heavy atom. The summed E-state index contributed by atoms with van der Waals surface area (Å²) in [5, 5.41) is 14.3. The first kappa shape index (κ1) is 15.4. The maximum atomic E-state index is 9.36. The number of ether oxygens (including phenoxy) is 1.